The van der Waals surface area contributed by atoms with E-state index in [-0.39, 0.29) is 5.91 Å². The molecule has 1 amide bonds. The number of hydrogen-bond acceptors (Lipinski definition) is 2. The second-order valence-corrected chi connectivity index (χ2v) is 7.46. The Balaban J connectivity index is 1.73. The number of amides is 1. The third-order valence-electron chi connectivity index (χ3n) is 5.51. The van der Waals surface area contributed by atoms with Gasteiger partial charge < -0.3 is 4.90 Å². The molecule has 1 fully saturated rings. The van der Waals surface area contributed by atoms with Crippen molar-refractivity contribution in [1.29, 1.82) is 0 Å². The summed E-state index contributed by atoms with van der Waals surface area (Å²) in [6, 6.07) is 13.0. The summed E-state index contributed by atoms with van der Waals surface area (Å²) in [5, 5.41) is 7.31. The lowest BCUT2D eigenvalue weighted by atomic mass is 9.83. The topological polar surface area (TPSA) is 49.0 Å². The van der Waals surface area contributed by atoms with Crippen molar-refractivity contribution in [3.8, 4) is 0 Å². The highest BCUT2D eigenvalue weighted by molar-refractivity contribution is 5.92. The molecule has 1 aromatic carbocycles. The molecule has 3 rings (SSSR count). The van der Waals surface area contributed by atoms with Crippen LogP contribution in [0.15, 0.2) is 36.4 Å². The summed E-state index contributed by atoms with van der Waals surface area (Å²) in [5.41, 5.74) is 3.04. The number of carbonyl (C=O) groups excluding carboxylic acids is 1. The highest BCUT2D eigenvalue weighted by atomic mass is 16.2. The van der Waals surface area contributed by atoms with E-state index in [1.165, 1.54) is 5.56 Å². The summed E-state index contributed by atoms with van der Waals surface area (Å²) >= 11 is 0. The minimum atomic E-state index is 0.0937. The van der Waals surface area contributed by atoms with Gasteiger partial charge in [0.25, 0.3) is 5.91 Å². The molecule has 1 saturated heterocycles. The van der Waals surface area contributed by atoms with Gasteiger partial charge in [-0.2, -0.15) is 5.10 Å². The molecule has 26 heavy (non-hydrogen) atoms. The predicted octanol–water partition coefficient (Wildman–Crippen LogP) is 4.94. The van der Waals surface area contributed by atoms with Crippen molar-refractivity contribution in [3.63, 3.8) is 0 Å². The molecule has 1 N–H and O–H groups in total. The maximum absolute atomic E-state index is 13.1. The Labute approximate surface area is 157 Å². The molecule has 2 aromatic rings. The van der Waals surface area contributed by atoms with Gasteiger partial charge in [-0.15, -0.1) is 0 Å². The third-order valence-corrected chi connectivity index (χ3v) is 5.51. The first-order valence-electron chi connectivity index (χ1n) is 10.1. The van der Waals surface area contributed by atoms with Crippen LogP contribution in [0.4, 0.5) is 0 Å². The summed E-state index contributed by atoms with van der Waals surface area (Å²) in [5.74, 6) is 0.646. The summed E-state index contributed by atoms with van der Waals surface area (Å²) in [6.45, 7) is 5.18. The fraction of sp³-hybridized carbons (Fsp3) is 0.545. The van der Waals surface area contributed by atoms with Crippen LogP contribution in [0.25, 0.3) is 0 Å². The van der Waals surface area contributed by atoms with Crippen molar-refractivity contribution < 1.29 is 4.79 Å². The molecule has 2 unspecified atom stereocenters. The zero-order valence-electron chi connectivity index (χ0n) is 16.1. The summed E-state index contributed by atoms with van der Waals surface area (Å²) < 4.78 is 0. The first-order valence-corrected chi connectivity index (χ1v) is 10.1. The fourth-order valence-corrected chi connectivity index (χ4v) is 4.08. The molecule has 4 heteroatoms. The first kappa shape index (κ1) is 18.7. The Bertz CT molecular complexity index is 694. The monoisotopic (exact) mass is 353 g/mol. The molecule has 1 aromatic heterocycles. The number of nitrogens with one attached hydrogen (secondary N) is 1. The van der Waals surface area contributed by atoms with E-state index in [0.717, 1.165) is 57.2 Å². The number of unbranched alkanes of at least 4 members (excludes halogenated alkanes) is 1. The van der Waals surface area contributed by atoms with Gasteiger partial charge in [-0.1, -0.05) is 63.4 Å². The summed E-state index contributed by atoms with van der Waals surface area (Å²) in [4.78, 5) is 15.2. The van der Waals surface area contributed by atoms with Crippen LogP contribution >= 0.6 is 0 Å². The molecule has 1 aliphatic rings. The van der Waals surface area contributed by atoms with Crippen molar-refractivity contribution in [1.82, 2.24) is 15.1 Å². The number of hydrogen-bond donors (Lipinski definition) is 1. The van der Waals surface area contributed by atoms with Crippen molar-refractivity contribution >= 4 is 5.91 Å². The number of aromatic nitrogens is 2. The van der Waals surface area contributed by atoms with E-state index in [4.69, 9.17) is 0 Å². The smallest absolute Gasteiger partial charge is 0.274 e. The Morgan fingerprint density at radius 2 is 2.04 bits per heavy atom. The number of H-pyrrole nitrogens is 1. The zero-order chi connectivity index (χ0) is 18.4. The summed E-state index contributed by atoms with van der Waals surface area (Å²) in [7, 11) is 0. The van der Waals surface area contributed by atoms with Crippen LogP contribution in [0.2, 0.25) is 0 Å². The number of rotatable bonds is 7. The maximum atomic E-state index is 13.1. The van der Waals surface area contributed by atoms with Crippen molar-refractivity contribution in [3.05, 3.63) is 53.3 Å². The van der Waals surface area contributed by atoms with Crippen molar-refractivity contribution in [2.24, 2.45) is 0 Å². The minimum Gasteiger partial charge on any atom is -0.334 e. The van der Waals surface area contributed by atoms with E-state index in [1.807, 2.05) is 6.07 Å². The van der Waals surface area contributed by atoms with Gasteiger partial charge in [-0.05, 0) is 43.2 Å². The molecule has 0 aliphatic carbocycles. The Morgan fingerprint density at radius 1 is 1.23 bits per heavy atom. The molecule has 0 radical (unpaired) electrons. The molecule has 0 bridgehead atoms. The largest absolute Gasteiger partial charge is 0.334 e. The number of carbonyl (C=O) groups is 1. The summed E-state index contributed by atoms with van der Waals surface area (Å²) in [6.07, 6.45) is 7.49. The fourth-order valence-electron chi connectivity index (χ4n) is 4.08. The van der Waals surface area contributed by atoms with Crippen LogP contribution in [0, 0.1) is 0 Å². The highest BCUT2D eigenvalue weighted by Gasteiger charge is 2.33. The van der Waals surface area contributed by atoms with Gasteiger partial charge in [0, 0.05) is 18.3 Å². The van der Waals surface area contributed by atoms with Gasteiger partial charge in [-0.25, -0.2) is 0 Å². The van der Waals surface area contributed by atoms with Gasteiger partial charge in [0.05, 0.1) is 0 Å². The van der Waals surface area contributed by atoms with Gasteiger partial charge in [0.1, 0.15) is 5.69 Å². The SMILES string of the molecule is CCCCC1CC(c2ccccc2)CCN1C(=O)c1cc(CCC)[nH]n1. The average Bonchev–Trinajstić information content (AvgIpc) is 3.15. The van der Waals surface area contributed by atoms with Crippen LogP contribution in [0.5, 0.6) is 0 Å². The number of piperidine rings is 1. The number of benzene rings is 1. The molecular weight excluding hydrogens is 322 g/mol. The Hall–Kier alpha value is -2.10. The van der Waals surface area contributed by atoms with Gasteiger partial charge in [0.15, 0.2) is 0 Å². The molecule has 0 spiro atoms. The first-order chi connectivity index (χ1) is 12.7. The van der Waals surface area contributed by atoms with Crippen LogP contribution in [-0.4, -0.2) is 33.6 Å². The van der Waals surface area contributed by atoms with E-state index >= 15 is 0 Å². The van der Waals surface area contributed by atoms with Gasteiger partial charge in [-0.3, -0.25) is 9.89 Å². The van der Waals surface area contributed by atoms with Gasteiger partial charge in [0.2, 0.25) is 0 Å². The average molecular weight is 354 g/mol. The van der Waals surface area contributed by atoms with Crippen LogP contribution in [0.3, 0.4) is 0 Å². The number of aryl methyl sites for hydroxylation is 1. The van der Waals surface area contributed by atoms with E-state index in [9.17, 15) is 4.79 Å². The second kappa shape index (κ2) is 9.02. The molecular formula is C22H31N3O. The quantitative estimate of drug-likeness (QED) is 0.766. The van der Waals surface area contributed by atoms with Crippen LogP contribution in [0.1, 0.15) is 80.0 Å². The number of nitrogens with zero attached hydrogens (tertiary/aromatic N) is 2. The lowest BCUT2D eigenvalue weighted by Crippen LogP contribution is -2.45. The van der Waals surface area contributed by atoms with E-state index < -0.39 is 0 Å². The maximum Gasteiger partial charge on any atom is 0.274 e. The Morgan fingerprint density at radius 3 is 2.77 bits per heavy atom. The zero-order valence-corrected chi connectivity index (χ0v) is 16.1. The number of aromatic amines is 1. The molecule has 2 atom stereocenters. The predicted molar refractivity (Wildman–Crippen MR) is 105 cm³/mol. The molecule has 0 saturated carbocycles. The lowest BCUT2D eigenvalue weighted by molar-refractivity contribution is 0.0569. The lowest BCUT2D eigenvalue weighted by Gasteiger charge is -2.39. The van der Waals surface area contributed by atoms with E-state index in [2.05, 4.69) is 59.3 Å². The highest BCUT2D eigenvalue weighted by Crippen LogP contribution is 2.34. The normalized spacial score (nSPS) is 20.3. The van der Waals surface area contributed by atoms with Gasteiger partial charge >= 0.3 is 0 Å². The van der Waals surface area contributed by atoms with Crippen LogP contribution < -0.4 is 0 Å². The van der Waals surface area contributed by atoms with Crippen molar-refractivity contribution in [2.75, 3.05) is 6.54 Å². The molecule has 2 heterocycles. The molecule has 140 valence electrons. The van der Waals surface area contributed by atoms with E-state index in [0.29, 0.717) is 17.7 Å². The Kier molecular flexibility index (Phi) is 6.48. The van der Waals surface area contributed by atoms with Crippen molar-refractivity contribution in [2.45, 2.75) is 70.8 Å². The molecule has 4 nitrogen and oxygen atoms in total. The third kappa shape index (κ3) is 4.35. The number of likely N-dealkylation sites (tertiary alicyclic amines) is 1. The minimum absolute atomic E-state index is 0.0937. The van der Waals surface area contributed by atoms with E-state index in [1.54, 1.807) is 0 Å². The standard InChI is InChI=1S/C22H31N3O/c1-3-5-12-20-15-18(17-10-7-6-8-11-17)13-14-25(20)22(26)21-16-19(9-4-2)23-24-21/h6-8,10-11,16,18,20H,3-5,9,12-15H2,1-2H3,(H,23,24). The molecule has 1 aliphatic heterocycles. The second-order valence-electron chi connectivity index (χ2n) is 7.46. The van der Waals surface area contributed by atoms with Crippen LogP contribution in [-0.2, 0) is 6.42 Å².